The van der Waals surface area contributed by atoms with Crippen LogP contribution in [0.5, 0.6) is 0 Å². The molecule has 0 aliphatic carbocycles. The van der Waals surface area contributed by atoms with Crippen molar-refractivity contribution >= 4 is 5.91 Å². The molecule has 0 spiro atoms. The van der Waals surface area contributed by atoms with E-state index in [1.165, 1.54) is 0 Å². The first kappa shape index (κ1) is 12.4. The van der Waals surface area contributed by atoms with E-state index in [9.17, 15) is 4.79 Å². The van der Waals surface area contributed by atoms with Crippen molar-refractivity contribution in [3.8, 4) is 0 Å². The fourth-order valence-corrected chi connectivity index (χ4v) is 0.878. The van der Waals surface area contributed by atoms with Gasteiger partial charge in [0.25, 0.3) is 0 Å². The Morgan fingerprint density at radius 3 is 2.46 bits per heavy atom. The molecular weight excluding hydrogens is 168 g/mol. The van der Waals surface area contributed by atoms with E-state index < -0.39 is 12.1 Å². The summed E-state index contributed by atoms with van der Waals surface area (Å²) < 4.78 is 0. The highest BCUT2D eigenvalue weighted by Crippen LogP contribution is 2.04. The van der Waals surface area contributed by atoms with Gasteiger partial charge in [-0.3, -0.25) is 4.79 Å². The topological polar surface area (TPSA) is 75.4 Å². The zero-order valence-electron chi connectivity index (χ0n) is 8.58. The molecule has 2 unspecified atom stereocenters. The lowest BCUT2D eigenvalue weighted by molar-refractivity contribution is -0.123. The summed E-state index contributed by atoms with van der Waals surface area (Å²) in [7, 11) is 0. The van der Waals surface area contributed by atoms with Gasteiger partial charge in [-0.2, -0.15) is 0 Å². The second-order valence-electron chi connectivity index (χ2n) is 3.51. The zero-order chi connectivity index (χ0) is 10.4. The molecule has 0 saturated carbocycles. The van der Waals surface area contributed by atoms with Crippen molar-refractivity contribution in [2.75, 3.05) is 6.54 Å². The highest BCUT2D eigenvalue weighted by molar-refractivity contribution is 5.81. The van der Waals surface area contributed by atoms with Gasteiger partial charge in [-0.05, 0) is 12.8 Å². The second-order valence-corrected chi connectivity index (χ2v) is 3.51. The third kappa shape index (κ3) is 4.85. The quantitative estimate of drug-likeness (QED) is 0.562. The Morgan fingerprint density at radius 2 is 2.08 bits per heavy atom. The van der Waals surface area contributed by atoms with Crippen LogP contribution in [0.2, 0.25) is 0 Å². The number of hydrogen-bond donors (Lipinski definition) is 3. The normalized spacial score (nSPS) is 17.6. The highest BCUT2D eigenvalue weighted by atomic mass is 16.3. The van der Waals surface area contributed by atoms with Gasteiger partial charge in [0.1, 0.15) is 0 Å². The van der Waals surface area contributed by atoms with Gasteiger partial charge in [0.15, 0.2) is 0 Å². The first-order valence-electron chi connectivity index (χ1n) is 4.70. The third-order valence-electron chi connectivity index (χ3n) is 2.13. The third-order valence-corrected chi connectivity index (χ3v) is 2.13. The van der Waals surface area contributed by atoms with Crippen LogP contribution < -0.4 is 11.1 Å². The van der Waals surface area contributed by atoms with E-state index in [1.807, 2.05) is 13.8 Å². The first-order chi connectivity index (χ1) is 5.99. The molecule has 0 bridgehead atoms. The maximum absolute atomic E-state index is 11.3. The van der Waals surface area contributed by atoms with E-state index in [1.54, 1.807) is 6.92 Å². The largest absolute Gasteiger partial charge is 0.392 e. The standard InChI is InChI=1S/C9H20N2O2/c1-4-6(2)8(10)9(13)11-5-7(3)12/h6-8,12H,4-5,10H2,1-3H3,(H,11,13)/t6?,7?,8-/m0/s1. The number of aliphatic hydroxyl groups excluding tert-OH is 1. The summed E-state index contributed by atoms with van der Waals surface area (Å²) in [5.41, 5.74) is 5.66. The van der Waals surface area contributed by atoms with Crippen LogP contribution in [0.4, 0.5) is 0 Å². The molecule has 4 N–H and O–H groups in total. The van der Waals surface area contributed by atoms with Gasteiger partial charge < -0.3 is 16.2 Å². The number of nitrogens with two attached hydrogens (primary N) is 1. The average Bonchev–Trinajstić information content (AvgIpc) is 2.11. The number of hydrogen-bond acceptors (Lipinski definition) is 3. The minimum absolute atomic E-state index is 0.175. The van der Waals surface area contributed by atoms with Crippen LogP contribution in [0.1, 0.15) is 27.2 Å². The van der Waals surface area contributed by atoms with Crippen LogP contribution in [0.15, 0.2) is 0 Å². The Balaban J connectivity index is 3.82. The number of carbonyl (C=O) groups excluding carboxylic acids is 1. The first-order valence-corrected chi connectivity index (χ1v) is 4.70. The van der Waals surface area contributed by atoms with Crippen molar-refractivity contribution in [1.82, 2.24) is 5.32 Å². The maximum atomic E-state index is 11.3. The molecule has 78 valence electrons. The number of aliphatic hydroxyl groups is 1. The van der Waals surface area contributed by atoms with E-state index in [2.05, 4.69) is 5.32 Å². The van der Waals surface area contributed by atoms with E-state index in [0.29, 0.717) is 0 Å². The summed E-state index contributed by atoms with van der Waals surface area (Å²) in [6.45, 7) is 5.82. The molecule has 1 amide bonds. The maximum Gasteiger partial charge on any atom is 0.237 e. The van der Waals surface area contributed by atoms with Gasteiger partial charge >= 0.3 is 0 Å². The lowest BCUT2D eigenvalue weighted by Crippen LogP contribution is -2.46. The Morgan fingerprint density at radius 1 is 1.54 bits per heavy atom. The smallest absolute Gasteiger partial charge is 0.237 e. The van der Waals surface area contributed by atoms with Gasteiger partial charge in [0.05, 0.1) is 12.1 Å². The molecule has 0 aromatic carbocycles. The SMILES string of the molecule is CCC(C)[C@H](N)C(=O)NCC(C)O. The molecular formula is C9H20N2O2. The average molecular weight is 188 g/mol. The predicted molar refractivity (Wildman–Crippen MR) is 52.1 cm³/mol. The Hall–Kier alpha value is -0.610. The molecule has 0 heterocycles. The van der Waals surface area contributed by atoms with Crippen molar-refractivity contribution in [2.45, 2.75) is 39.3 Å². The van der Waals surface area contributed by atoms with Gasteiger partial charge in [-0.1, -0.05) is 20.3 Å². The van der Waals surface area contributed by atoms with Crippen LogP contribution in [0, 0.1) is 5.92 Å². The fraction of sp³-hybridized carbons (Fsp3) is 0.889. The molecule has 0 saturated heterocycles. The molecule has 0 aliphatic heterocycles. The molecule has 13 heavy (non-hydrogen) atoms. The minimum atomic E-state index is -0.520. The molecule has 4 heteroatoms. The van der Waals surface area contributed by atoms with Crippen LogP contribution >= 0.6 is 0 Å². The number of nitrogens with one attached hydrogen (secondary N) is 1. The molecule has 3 atom stereocenters. The Kier molecular flexibility index (Phi) is 5.66. The van der Waals surface area contributed by atoms with E-state index in [-0.39, 0.29) is 18.4 Å². The molecule has 4 nitrogen and oxygen atoms in total. The monoisotopic (exact) mass is 188 g/mol. The minimum Gasteiger partial charge on any atom is -0.392 e. The molecule has 0 radical (unpaired) electrons. The second kappa shape index (κ2) is 5.94. The van der Waals surface area contributed by atoms with Crippen molar-refractivity contribution in [3.05, 3.63) is 0 Å². The van der Waals surface area contributed by atoms with Gasteiger partial charge in [0, 0.05) is 6.54 Å². The van der Waals surface area contributed by atoms with Crippen molar-refractivity contribution in [3.63, 3.8) is 0 Å². The summed E-state index contributed by atoms with van der Waals surface area (Å²) in [4.78, 5) is 11.3. The molecule has 0 aromatic heterocycles. The fourth-order valence-electron chi connectivity index (χ4n) is 0.878. The molecule has 0 aliphatic rings. The van der Waals surface area contributed by atoms with Crippen LogP contribution in [-0.4, -0.2) is 29.7 Å². The molecule has 0 fully saturated rings. The van der Waals surface area contributed by atoms with E-state index in [4.69, 9.17) is 10.8 Å². The zero-order valence-corrected chi connectivity index (χ0v) is 8.58. The van der Waals surface area contributed by atoms with Crippen molar-refractivity contribution in [2.24, 2.45) is 11.7 Å². The van der Waals surface area contributed by atoms with Gasteiger partial charge in [0.2, 0.25) is 5.91 Å². The Bertz CT molecular complexity index is 160. The van der Waals surface area contributed by atoms with Crippen molar-refractivity contribution in [1.29, 1.82) is 0 Å². The Labute approximate surface area is 79.5 Å². The van der Waals surface area contributed by atoms with Crippen LogP contribution in [0.25, 0.3) is 0 Å². The summed E-state index contributed by atoms with van der Waals surface area (Å²) in [5.74, 6) is -0.00995. The summed E-state index contributed by atoms with van der Waals surface area (Å²) >= 11 is 0. The lowest BCUT2D eigenvalue weighted by Gasteiger charge is -2.18. The summed E-state index contributed by atoms with van der Waals surface area (Å²) in [5, 5.41) is 11.5. The number of amides is 1. The van der Waals surface area contributed by atoms with Gasteiger partial charge in [-0.25, -0.2) is 0 Å². The lowest BCUT2D eigenvalue weighted by atomic mass is 9.99. The van der Waals surface area contributed by atoms with E-state index in [0.717, 1.165) is 6.42 Å². The van der Waals surface area contributed by atoms with Gasteiger partial charge in [-0.15, -0.1) is 0 Å². The van der Waals surface area contributed by atoms with Crippen LogP contribution in [0.3, 0.4) is 0 Å². The molecule has 0 aromatic rings. The van der Waals surface area contributed by atoms with Crippen LogP contribution in [-0.2, 0) is 4.79 Å². The van der Waals surface area contributed by atoms with E-state index >= 15 is 0 Å². The molecule has 0 rings (SSSR count). The predicted octanol–water partition coefficient (Wildman–Crippen LogP) is -0.143. The summed E-state index contributed by atoms with van der Waals surface area (Å²) in [6.07, 6.45) is 0.358. The number of rotatable bonds is 5. The highest BCUT2D eigenvalue weighted by Gasteiger charge is 2.18. The number of carbonyl (C=O) groups is 1. The summed E-state index contributed by atoms with van der Waals surface area (Å²) in [6, 6.07) is -0.469. The van der Waals surface area contributed by atoms with Crippen molar-refractivity contribution < 1.29 is 9.90 Å².